The van der Waals surface area contributed by atoms with E-state index in [1.165, 1.54) is 0 Å². The van der Waals surface area contributed by atoms with Crippen LogP contribution < -0.4 is 4.67 Å². The van der Waals surface area contributed by atoms with Gasteiger partial charge in [-0.25, -0.2) is 15.0 Å². The van der Waals surface area contributed by atoms with E-state index in [2.05, 4.69) is 65.3 Å². The first kappa shape index (κ1) is 24.4. The Bertz CT molecular complexity index is 2420. The number of hydrogen-bond acceptors (Lipinski definition) is 4. The summed E-state index contributed by atoms with van der Waals surface area (Å²) < 4.78 is 10.7. The maximum absolute atomic E-state index is 6.35. The van der Waals surface area contributed by atoms with E-state index in [1.807, 2.05) is 79.2 Å². The number of hydrogen-bond donors (Lipinski definition) is 0. The Kier molecular flexibility index (Phi) is 5.39. The van der Waals surface area contributed by atoms with Crippen molar-refractivity contribution in [3.8, 4) is 45.3 Å². The fourth-order valence-electron chi connectivity index (χ4n) is 6.21. The third-order valence-corrected chi connectivity index (χ3v) is 8.28. The quantitative estimate of drug-likeness (QED) is 0.201. The molecule has 0 atom stereocenters. The van der Waals surface area contributed by atoms with Crippen molar-refractivity contribution in [3.05, 3.63) is 139 Å². The van der Waals surface area contributed by atoms with Gasteiger partial charge in [0.2, 0.25) is 0 Å². The molecule has 0 unspecified atom stereocenters. The number of nitrogens with zero attached hydrogens (tertiary/aromatic N) is 4. The highest BCUT2D eigenvalue weighted by molar-refractivity contribution is 6.18. The van der Waals surface area contributed by atoms with Crippen molar-refractivity contribution >= 4 is 45.1 Å². The maximum atomic E-state index is 6.35. The SMILES string of the molecule is C1=[N+]=Cc2cc3c(cc21)oc1cccc(-c2ccc(-c4nc(-c5ccccc5)nc(-c5ccccc5)n4)c4ccccc24)c13. The van der Waals surface area contributed by atoms with Crippen LogP contribution in [0.3, 0.4) is 0 Å². The lowest BCUT2D eigenvalue weighted by atomic mass is 9.92. The van der Waals surface area contributed by atoms with E-state index in [0.717, 1.165) is 71.7 Å². The van der Waals surface area contributed by atoms with Crippen LogP contribution in [0.4, 0.5) is 0 Å². The molecule has 0 saturated carbocycles. The summed E-state index contributed by atoms with van der Waals surface area (Å²) in [5.74, 6) is 1.93. The van der Waals surface area contributed by atoms with Gasteiger partial charge in [-0.2, -0.15) is 0 Å². The summed E-state index contributed by atoms with van der Waals surface area (Å²) in [6.07, 6.45) is 3.78. The molecule has 8 aromatic rings. The maximum Gasteiger partial charge on any atom is 0.300 e. The first-order chi connectivity index (χ1) is 21.8. The zero-order valence-corrected chi connectivity index (χ0v) is 23.5. The first-order valence-corrected chi connectivity index (χ1v) is 14.6. The molecule has 0 N–H and O–H groups in total. The van der Waals surface area contributed by atoms with Crippen molar-refractivity contribution < 1.29 is 4.42 Å². The van der Waals surface area contributed by atoms with Gasteiger partial charge in [-0.05, 0) is 46.2 Å². The first-order valence-electron chi connectivity index (χ1n) is 14.6. The van der Waals surface area contributed by atoms with Gasteiger partial charge in [-0.1, -0.05) is 108 Å². The normalized spacial score (nSPS) is 12.0. The molecule has 204 valence electrons. The van der Waals surface area contributed by atoms with Crippen LogP contribution in [0.5, 0.6) is 0 Å². The summed E-state index contributed by atoms with van der Waals surface area (Å²) in [5, 5.41) is 4.37. The van der Waals surface area contributed by atoms with Crippen LogP contribution in [0, 0.1) is 0 Å². The molecule has 0 bridgehead atoms. The molecule has 0 radical (unpaired) electrons. The molecular weight excluding hydrogens is 540 g/mol. The number of benzene rings is 6. The van der Waals surface area contributed by atoms with Crippen LogP contribution in [0.2, 0.25) is 0 Å². The van der Waals surface area contributed by atoms with E-state index in [4.69, 9.17) is 19.4 Å². The van der Waals surface area contributed by atoms with Gasteiger partial charge in [0.1, 0.15) is 11.2 Å². The Hall–Kier alpha value is -6.16. The van der Waals surface area contributed by atoms with Crippen molar-refractivity contribution in [2.75, 3.05) is 0 Å². The van der Waals surface area contributed by atoms with Gasteiger partial charge in [0.25, 0.3) is 0 Å². The topological polar surface area (TPSA) is 65.9 Å². The average molecular weight is 564 g/mol. The predicted molar refractivity (Wildman–Crippen MR) is 179 cm³/mol. The highest BCUT2D eigenvalue weighted by Gasteiger charge is 2.21. The van der Waals surface area contributed by atoms with Crippen molar-refractivity contribution in [1.29, 1.82) is 0 Å². The molecule has 1 aliphatic heterocycles. The largest absolute Gasteiger partial charge is 0.456 e. The number of aromatic nitrogens is 3. The molecule has 0 saturated heterocycles. The highest BCUT2D eigenvalue weighted by Crippen LogP contribution is 2.42. The van der Waals surface area contributed by atoms with Crippen LogP contribution in [0.25, 0.3) is 78.0 Å². The van der Waals surface area contributed by atoms with Gasteiger partial charge in [0.15, 0.2) is 17.5 Å². The van der Waals surface area contributed by atoms with Crippen LogP contribution in [-0.2, 0) is 0 Å². The molecule has 1 aliphatic rings. The zero-order chi connectivity index (χ0) is 29.0. The van der Waals surface area contributed by atoms with Crippen LogP contribution in [0.1, 0.15) is 11.1 Å². The fourth-order valence-corrected chi connectivity index (χ4v) is 6.21. The second-order valence-corrected chi connectivity index (χ2v) is 10.9. The Labute approximate surface area is 252 Å². The molecule has 9 rings (SSSR count). The summed E-state index contributed by atoms with van der Waals surface area (Å²) >= 11 is 0. The molecule has 0 aliphatic carbocycles. The lowest BCUT2D eigenvalue weighted by molar-refractivity contribution is 0.669. The van der Waals surface area contributed by atoms with Crippen molar-refractivity contribution in [3.63, 3.8) is 0 Å². The second-order valence-electron chi connectivity index (χ2n) is 10.9. The van der Waals surface area contributed by atoms with Gasteiger partial charge in [0, 0.05) is 27.5 Å². The summed E-state index contributed by atoms with van der Waals surface area (Å²) in [4.78, 5) is 14.9. The van der Waals surface area contributed by atoms with Crippen molar-refractivity contribution in [1.82, 2.24) is 19.6 Å². The second kappa shape index (κ2) is 9.70. The van der Waals surface area contributed by atoms with Crippen LogP contribution in [-0.4, -0.2) is 27.4 Å². The van der Waals surface area contributed by atoms with Crippen molar-refractivity contribution in [2.45, 2.75) is 0 Å². The Balaban J connectivity index is 1.28. The van der Waals surface area contributed by atoms with E-state index in [-0.39, 0.29) is 0 Å². The zero-order valence-electron chi connectivity index (χ0n) is 23.5. The molecule has 0 amide bonds. The summed E-state index contributed by atoms with van der Waals surface area (Å²) in [5.41, 5.74) is 9.00. The van der Waals surface area contributed by atoms with Gasteiger partial charge in [0.05, 0.1) is 11.1 Å². The number of rotatable bonds is 4. The van der Waals surface area contributed by atoms with Gasteiger partial charge in [-0.3, -0.25) is 0 Å². The average Bonchev–Trinajstić information content (AvgIpc) is 3.71. The Morgan fingerprint density at radius 2 is 1.02 bits per heavy atom. The fraction of sp³-hybridized carbons (Fsp3) is 0. The third kappa shape index (κ3) is 3.88. The third-order valence-electron chi connectivity index (χ3n) is 8.28. The lowest BCUT2D eigenvalue weighted by Crippen LogP contribution is -2.00. The van der Waals surface area contributed by atoms with Crippen molar-refractivity contribution in [2.24, 2.45) is 0 Å². The standard InChI is InChI=1S/C39H23N4O/c1-3-10-24(11-4-1)37-41-38(25-12-5-2-6-13-25)43-39(42-37)32-19-18-30(28-14-7-8-15-29(28)32)31-16-9-17-34-36(31)33-20-26-22-40-23-27(26)21-35(33)44-34/h1-23H/q+1. The van der Waals surface area contributed by atoms with E-state index in [0.29, 0.717) is 17.5 Å². The molecule has 3 heterocycles. The summed E-state index contributed by atoms with van der Waals surface area (Å²) in [6.45, 7) is 0. The van der Waals surface area contributed by atoms with E-state index in [9.17, 15) is 0 Å². The number of furan rings is 1. The molecule has 0 spiro atoms. The smallest absolute Gasteiger partial charge is 0.300 e. The molecular formula is C39H23N4O+. The lowest BCUT2D eigenvalue weighted by Gasteiger charge is -2.13. The molecule has 2 aromatic heterocycles. The molecule has 6 aromatic carbocycles. The van der Waals surface area contributed by atoms with Crippen LogP contribution >= 0.6 is 0 Å². The Morgan fingerprint density at radius 1 is 0.432 bits per heavy atom. The summed E-state index contributed by atoms with van der Waals surface area (Å²) in [7, 11) is 0. The minimum absolute atomic E-state index is 0.638. The number of fused-ring (bicyclic) bond motifs is 5. The van der Waals surface area contributed by atoms with E-state index in [1.54, 1.807) is 0 Å². The minimum atomic E-state index is 0.638. The molecule has 0 fully saturated rings. The molecule has 5 nitrogen and oxygen atoms in total. The van der Waals surface area contributed by atoms with Gasteiger partial charge in [-0.15, -0.1) is 0 Å². The van der Waals surface area contributed by atoms with Crippen LogP contribution in [0.15, 0.2) is 132 Å². The minimum Gasteiger partial charge on any atom is -0.456 e. The Morgan fingerprint density at radius 3 is 1.73 bits per heavy atom. The molecule has 5 heteroatoms. The van der Waals surface area contributed by atoms with Gasteiger partial charge >= 0.3 is 12.4 Å². The highest BCUT2D eigenvalue weighted by atomic mass is 16.3. The van der Waals surface area contributed by atoms with E-state index >= 15 is 0 Å². The monoisotopic (exact) mass is 563 g/mol. The van der Waals surface area contributed by atoms with E-state index < -0.39 is 0 Å². The van der Waals surface area contributed by atoms with Gasteiger partial charge < -0.3 is 4.42 Å². The predicted octanol–water partition coefficient (Wildman–Crippen LogP) is 8.51. The molecule has 44 heavy (non-hydrogen) atoms. The summed E-state index contributed by atoms with van der Waals surface area (Å²) in [6, 6.07) is 43.5.